The van der Waals surface area contributed by atoms with E-state index in [1.165, 1.54) is 0 Å². The van der Waals surface area contributed by atoms with Crippen LogP contribution in [0.1, 0.15) is 11.1 Å². The van der Waals surface area contributed by atoms with Gasteiger partial charge in [0.15, 0.2) is 13.2 Å². The number of hydrogen-bond donors (Lipinski definition) is 0. The first-order chi connectivity index (χ1) is 22.0. The number of ether oxygens (including phenoxy) is 7. The molecule has 1 heterocycles. The predicted octanol–water partition coefficient (Wildman–Crippen LogP) is 1.23. The van der Waals surface area contributed by atoms with Crippen LogP contribution >= 0.6 is 0 Å². The van der Waals surface area contributed by atoms with Crippen molar-refractivity contribution in [3.8, 4) is 0 Å². The molecule has 1 aliphatic rings. The highest BCUT2D eigenvalue weighted by molar-refractivity contribution is 5.78. The number of benzene rings is 2. The molecular formula is C32H42N2O11. The van der Waals surface area contributed by atoms with Crippen LogP contribution in [0.2, 0.25) is 0 Å². The molecule has 2 aromatic rings. The normalized spacial score (nSPS) is 16.0. The number of nitrogens with zero attached hydrogens (tertiary/aromatic N) is 2. The van der Waals surface area contributed by atoms with Crippen molar-refractivity contribution in [2.24, 2.45) is 0 Å². The molecule has 0 aromatic heterocycles. The summed E-state index contributed by atoms with van der Waals surface area (Å²) in [4.78, 5) is 52.4. The molecule has 1 fully saturated rings. The van der Waals surface area contributed by atoms with Gasteiger partial charge >= 0.3 is 23.9 Å². The third-order valence-corrected chi connectivity index (χ3v) is 6.47. The maximum Gasteiger partial charge on any atom is 0.344 e. The SMILES string of the molecule is O=C(COC(=O)CN1CCOCCOCCN(CC(=O)OCC(=O)OCc2ccccc2)CCOCC1)OCc1ccccc1. The van der Waals surface area contributed by atoms with Crippen molar-refractivity contribution in [3.63, 3.8) is 0 Å². The first-order valence-electron chi connectivity index (χ1n) is 14.9. The molecule has 0 saturated carbocycles. The second kappa shape index (κ2) is 21.8. The van der Waals surface area contributed by atoms with Gasteiger partial charge in [0, 0.05) is 26.2 Å². The summed E-state index contributed by atoms with van der Waals surface area (Å²) in [7, 11) is 0. The van der Waals surface area contributed by atoms with Gasteiger partial charge in [0.25, 0.3) is 0 Å². The van der Waals surface area contributed by atoms with Crippen LogP contribution in [0, 0.1) is 0 Å². The Morgan fingerprint density at radius 3 is 1.22 bits per heavy atom. The summed E-state index contributed by atoms with van der Waals surface area (Å²) in [6, 6.07) is 18.4. The van der Waals surface area contributed by atoms with E-state index in [0.717, 1.165) is 11.1 Å². The van der Waals surface area contributed by atoms with Gasteiger partial charge in [0.2, 0.25) is 0 Å². The Morgan fingerprint density at radius 2 is 0.844 bits per heavy atom. The number of hydrogen-bond acceptors (Lipinski definition) is 13. The lowest BCUT2D eigenvalue weighted by molar-refractivity contribution is -0.160. The van der Waals surface area contributed by atoms with Gasteiger partial charge in [-0.15, -0.1) is 0 Å². The van der Waals surface area contributed by atoms with Crippen molar-refractivity contribution >= 4 is 23.9 Å². The molecule has 13 nitrogen and oxygen atoms in total. The Morgan fingerprint density at radius 1 is 0.489 bits per heavy atom. The molecule has 0 unspecified atom stereocenters. The van der Waals surface area contributed by atoms with Crippen LogP contribution in [-0.4, -0.2) is 126 Å². The summed E-state index contributed by atoms with van der Waals surface area (Å²) < 4.78 is 37.5. The van der Waals surface area contributed by atoms with Gasteiger partial charge in [-0.2, -0.15) is 0 Å². The van der Waals surface area contributed by atoms with Crippen molar-refractivity contribution in [2.45, 2.75) is 13.2 Å². The molecule has 0 N–H and O–H groups in total. The Balaban J connectivity index is 1.35. The third kappa shape index (κ3) is 16.7. The molecule has 0 radical (unpaired) electrons. The molecule has 1 saturated heterocycles. The molecule has 0 bridgehead atoms. The molecular weight excluding hydrogens is 588 g/mol. The Bertz CT molecular complexity index is 1060. The van der Waals surface area contributed by atoms with E-state index in [4.69, 9.17) is 33.2 Å². The minimum Gasteiger partial charge on any atom is -0.458 e. The fourth-order valence-electron chi connectivity index (χ4n) is 4.03. The fraction of sp³-hybridized carbons (Fsp3) is 0.500. The zero-order valence-electron chi connectivity index (χ0n) is 25.5. The molecule has 0 spiro atoms. The van der Waals surface area contributed by atoms with Gasteiger partial charge in [-0.1, -0.05) is 60.7 Å². The van der Waals surface area contributed by atoms with Crippen molar-refractivity contribution in [2.75, 3.05) is 92.1 Å². The first-order valence-corrected chi connectivity index (χ1v) is 14.9. The Hall–Kier alpha value is -3.88. The quantitative estimate of drug-likeness (QED) is 0.246. The molecule has 0 atom stereocenters. The van der Waals surface area contributed by atoms with Crippen molar-refractivity contribution < 1.29 is 52.3 Å². The van der Waals surface area contributed by atoms with Crippen LogP contribution in [-0.2, 0) is 65.5 Å². The molecule has 0 amide bonds. The molecule has 13 heteroatoms. The van der Waals surface area contributed by atoms with Gasteiger partial charge in [0.05, 0.1) is 52.7 Å². The van der Waals surface area contributed by atoms with Gasteiger partial charge in [0.1, 0.15) is 13.2 Å². The largest absolute Gasteiger partial charge is 0.458 e. The van der Waals surface area contributed by atoms with E-state index in [0.29, 0.717) is 65.8 Å². The monoisotopic (exact) mass is 630 g/mol. The van der Waals surface area contributed by atoms with Crippen LogP contribution in [0.3, 0.4) is 0 Å². The maximum absolute atomic E-state index is 12.4. The molecule has 1 aliphatic heterocycles. The second-order valence-electron chi connectivity index (χ2n) is 10.0. The minimum atomic E-state index is -0.632. The van der Waals surface area contributed by atoms with Gasteiger partial charge in [-0.05, 0) is 11.1 Å². The zero-order valence-corrected chi connectivity index (χ0v) is 25.5. The number of rotatable bonds is 12. The van der Waals surface area contributed by atoms with Crippen LogP contribution in [0.4, 0.5) is 0 Å². The third-order valence-electron chi connectivity index (χ3n) is 6.47. The first kappa shape index (κ1) is 35.6. The lowest BCUT2D eigenvalue weighted by Crippen LogP contribution is -2.38. The average molecular weight is 631 g/mol. The summed E-state index contributed by atoms with van der Waals surface area (Å²) in [6.07, 6.45) is 0. The second-order valence-corrected chi connectivity index (χ2v) is 10.0. The average Bonchev–Trinajstić information content (AvgIpc) is 3.06. The maximum atomic E-state index is 12.4. The summed E-state index contributed by atoms with van der Waals surface area (Å²) >= 11 is 0. The summed E-state index contributed by atoms with van der Waals surface area (Å²) in [6.45, 7) is 2.94. The Kier molecular flexibility index (Phi) is 17.2. The van der Waals surface area contributed by atoms with Crippen molar-refractivity contribution in [1.82, 2.24) is 9.80 Å². The molecule has 246 valence electrons. The highest BCUT2D eigenvalue weighted by atomic mass is 16.6. The number of carbonyl (C=O) groups is 4. The van der Waals surface area contributed by atoms with E-state index in [9.17, 15) is 19.2 Å². The molecule has 2 aromatic carbocycles. The fourth-order valence-corrected chi connectivity index (χ4v) is 4.03. The molecule has 45 heavy (non-hydrogen) atoms. The lowest BCUT2D eigenvalue weighted by Gasteiger charge is -2.22. The summed E-state index contributed by atoms with van der Waals surface area (Å²) in [5.41, 5.74) is 1.67. The summed E-state index contributed by atoms with van der Waals surface area (Å²) in [5.74, 6) is -2.40. The van der Waals surface area contributed by atoms with Crippen LogP contribution < -0.4 is 0 Å². The van der Waals surface area contributed by atoms with Gasteiger partial charge in [-0.25, -0.2) is 9.59 Å². The number of esters is 4. The van der Waals surface area contributed by atoms with Crippen LogP contribution in [0.15, 0.2) is 60.7 Å². The van der Waals surface area contributed by atoms with Gasteiger partial charge < -0.3 is 33.2 Å². The van der Waals surface area contributed by atoms with E-state index < -0.39 is 37.1 Å². The topological polar surface area (TPSA) is 139 Å². The smallest absolute Gasteiger partial charge is 0.344 e. The van der Waals surface area contributed by atoms with Crippen LogP contribution in [0.25, 0.3) is 0 Å². The van der Waals surface area contributed by atoms with Crippen LogP contribution in [0.5, 0.6) is 0 Å². The Labute approximate surface area is 263 Å². The molecule has 3 rings (SSSR count). The van der Waals surface area contributed by atoms with Crippen molar-refractivity contribution in [3.05, 3.63) is 71.8 Å². The van der Waals surface area contributed by atoms with E-state index in [1.54, 1.807) is 0 Å². The highest BCUT2D eigenvalue weighted by Gasteiger charge is 2.17. The standard InChI is InChI=1S/C32H42N2O11/c35-29(44-25-31(37)42-23-27-7-3-1-4-8-27)21-33-11-15-39-16-12-34(14-18-41-20-19-40-17-13-33)22-30(36)45-26-32(38)43-24-28-9-5-2-6-10-28/h1-10H,11-26H2. The number of carbonyl (C=O) groups excluding carboxylic acids is 4. The van der Waals surface area contributed by atoms with Gasteiger partial charge in [-0.3, -0.25) is 19.4 Å². The van der Waals surface area contributed by atoms with E-state index in [1.807, 2.05) is 70.5 Å². The lowest BCUT2D eigenvalue weighted by atomic mass is 10.2. The minimum absolute atomic E-state index is 0.0546. The van der Waals surface area contributed by atoms with E-state index >= 15 is 0 Å². The molecule has 0 aliphatic carbocycles. The highest BCUT2D eigenvalue weighted by Crippen LogP contribution is 2.03. The summed E-state index contributed by atoms with van der Waals surface area (Å²) in [5, 5.41) is 0. The zero-order chi connectivity index (χ0) is 32.0. The van der Waals surface area contributed by atoms with Crippen molar-refractivity contribution in [1.29, 1.82) is 0 Å². The van der Waals surface area contributed by atoms with E-state index in [2.05, 4.69) is 0 Å². The van der Waals surface area contributed by atoms with E-state index in [-0.39, 0.29) is 26.3 Å². The predicted molar refractivity (Wildman–Crippen MR) is 160 cm³/mol.